The highest BCUT2D eigenvalue weighted by Gasteiger charge is 2.18. The van der Waals surface area contributed by atoms with Crippen LogP contribution in [0.3, 0.4) is 0 Å². The summed E-state index contributed by atoms with van der Waals surface area (Å²) in [5, 5.41) is 5.20. The van der Waals surface area contributed by atoms with E-state index in [4.69, 9.17) is 5.73 Å². The second-order valence-corrected chi connectivity index (χ2v) is 5.19. The molecule has 0 heterocycles. The number of carbonyl (C=O) groups is 2. The third-order valence-corrected chi connectivity index (χ3v) is 3.71. The van der Waals surface area contributed by atoms with Gasteiger partial charge in [-0.1, -0.05) is 35.8 Å². The number of hydrogen-bond donors (Lipinski definition) is 3. The Kier molecular flexibility index (Phi) is 5.15. The molecule has 5 nitrogen and oxygen atoms in total. The number of nitrogens with two attached hydrogens (primary N) is 1. The van der Waals surface area contributed by atoms with Crippen molar-refractivity contribution in [3.63, 3.8) is 0 Å². The molecule has 0 fully saturated rings. The molecule has 1 atom stereocenters. The summed E-state index contributed by atoms with van der Waals surface area (Å²) in [4.78, 5) is 22.3. The zero-order valence-electron chi connectivity index (χ0n) is 10.2. The summed E-state index contributed by atoms with van der Waals surface area (Å²) in [6, 6.07) is 6.15. The lowest BCUT2D eigenvalue weighted by Crippen LogP contribution is -2.27. The molecule has 0 bridgehead atoms. The Hall–Kier alpha value is -1.56. The molecule has 98 valence electrons. The maximum absolute atomic E-state index is 11.8. The van der Waals surface area contributed by atoms with E-state index in [0.717, 1.165) is 0 Å². The number of hydrogen-bond acceptors (Lipinski definition) is 2. The van der Waals surface area contributed by atoms with Crippen LogP contribution in [0.25, 0.3) is 0 Å². The Morgan fingerprint density at radius 1 is 1.22 bits per heavy atom. The van der Waals surface area contributed by atoms with Gasteiger partial charge in [-0.25, -0.2) is 4.79 Å². The molecule has 0 aliphatic carbocycles. The number of alkyl halides is 1. The van der Waals surface area contributed by atoms with Crippen molar-refractivity contribution >= 4 is 39.2 Å². The van der Waals surface area contributed by atoms with Gasteiger partial charge in [0.2, 0.25) is 5.91 Å². The van der Waals surface area contributed by atoms with E-state index in [2.05, 4.69) is 26.6 Å². The number of primary amides is 1. The van der Waals surface area contributed by atoms with Gasteiger partial charge in [-0.05, 0) is 24.1 Å². The zero-order chi connectivity index (χ0) is 13.7. The zero-order valence-corrected chi connectivity index (χ0v) is 11.8. The van der Waals surface area contributed by atoms with Crippen molar-refractivity contribution in [3.8, 4) is 0 Å². The van der Waals surface area contributed by atoms with Crippen molar-refractivity contribution in [3.05, 3.63) is 24.3 Å². The maximum atomic E-state index is 11.8. The highest BCUT2D eigenvalue weighted by molar-refractivity contribution is 9.10. The molecule has 18 heavy (non-hydrogen) atoms. The van der Waals surface area contributed by atoms with Crippen LogP contribution in [0.1, 0.15) is 13.8 Å². The Labute approximate surface area is 114 Å². The third kappa shape index (κ3) is 4.37. The summed E-state index contributed by atoms with van der Waals surface area (Å²) in [6.45, 7) is 3.90. The highest BCUT2D eigenvalue weighted by atomic mass is 79.9. The molecule has 0 aliphatic heterocycles. The van der Waals surface area contributed by atoms with Crippen molar-refractivity contribution in [2.24, 2.45) is 11.7 Å². The quantitative estimate of drug-likeness (QED) is 0.746. The SMILES string of the molecule is CC(C)C(Br)C(=O)Nc1cccc(NC(N)=O)c1. The van der Waals surface area contributed by atoms with Gasteiger partial charge in [-0.3, -0.25) is 4.79 Å². The predicted molar refractivity (Wildman–Crippen MR) is 75.8 cm³/mol. The number of benzene rings is 1. The Morgan fingerprint density at radius 2 is 1.78 bits per heavy atom. The van der Waals surface area contributed by atoms with Crippen LogP contribution in [0, 0.1) is 5.92 Å². The molecule has 0 saturated carbocycles. The van der Waals surface area contributed by atoms with Gasteiger partial charge in [-0.15, -0.1) is 0 Å². The predicted octanol–water partition coefficient (Wildman–Crippen LogP) is 2.54. The highest BCUT2D eigenvalue weighted by Crippen LogP contribution is 2.18. The summed E-state index contributed by atoms with van der Waals surface area (Å²) >= 11 is 3.32. The summed E-state index contributed by atoms with van der Waals surface area (Å²) in [7, 11) is 0. The summed E-state index contributed by atoms with van der Waals surface area (Å²) < 4.78 is 0. The molecule has 6 heteroatoms. The number of halogens is 1. The van der Waals surface area contributed by atoms with Crippen molar-refractivity contribution in [2.75, 3.05) is 10.6 Å². The molecule has 1 rings (SSSR count). The van der Waals surface area contributed by atoms with Gasteiger partial charge in [0.1, 0.15) is 0 Å². The number of carbonyl (C=O) groups excluding carboxylic acids is 2. The normalized spacial score (nSPS) is 12.0. The molecule has 0 aromatic heterocycles. The lowest BCUT2D eigenvalue weighted by molar-refractivity contribution is -0.116. The van der Waals surface area contributed by atoms with Crippen LogP contribution in [-0.2, 0) is 4.79 Å². The number of amides is 3. The molecular weight excluding hydrogens is 298 g/mol. The van der Waals surface area contributed by atoms with E-state index in [1.165, 1.54) is 0 Å². The Balaban J connectivity index is 2.73. The molecule has 0 saturated heterocycles. The lowest BCUT2D eigenvalue weighted by Gasteiger charge is -2.14. The first-order valence-corrected chi connectivity index (χ1v) is 6.43. The van der Waals surface area contributed by atoms with Crippen molar-refractivity contribution in [2.45, 2.75) is 18.7 Å². The van der Waals surface area contributed by atoms with Crippen molar-refractivity contribution in [1.29, 1.82) is 0 Å². The molecular formula is C12H16BrN3O2. The summed E-state index contributed by atoms with van der Waals surface area (Å²) in [6.07, 6.45) is 0. The summed E-state index contributed by atoms with van der Waals surface area (Å²) in [5.74, 6) is 0.0677. The van der Waals surface area contributed by atoms with E-state index in [0.29, 0.717) is 11.4 Å². The largest absolute Gasteiger partial charge is 0.351 e. The minimum atomic E-state index is -0.640. The topological polar surface area (TPSA) is 84.2 Å². The van der Waals surface area contributed by atoms with E-state index < -0.39 is 6.03 Å². The molecule has 3 amide bonds. The van der Waals surface area contributed by atoms with Crippen molar-refractivity contribution < 1.29 is 9.59 Å². The van der Waals surface area contributed by atoms with Crippen LogP contribution in [0.15, 0.2) is 24.3 Å². The number of anilines is 2. The fourth-order valence-electron chi connectivity index (χ4n) is 1.33. The van der Waals surface area contributed by atoms with Crippen LogP contribution in [0.2, 0.25) is 0 Å². The first-order valence-electron chi connectivity index (χ1n) is 5.51. The fourth-order valence-corrected chi connectivity index (χ4v) is 1.45. The van der Waals surface area contributed by atoms with Crippen LogP contribution in [0.5, 0.6) is 0 Å². The molecule has 0 radical (unpaired) electrons. The smallest absolute Gasteiger partial charge is 0.316 e. The van der Waals surface area contributed by atoms with E-state index in [1.807, 2.05) is 13.8 Å². The van der Waals surface area contributed by atoms with Crippen molar-refractivity contribution in [1.82, 2.24) is 0 Å². The van der Waals surface area contributed by atoms with Gasteiger partial charge in [0.15, 0.2) is 0 Å². The van der Waals surface area contributed by atoms with E-state index in [-0.39, 0.29) is 16.7 Å². The standard InChI is InChI=1S/C12H16BrN3O2/c1-7(2)10(13)11(17)15-8-4-3-5-9(6-8)16-12(14)18/h3-7,10H,1-2H3,(H,15,17)(H3,14,16,18). The van der Waals surface area contributed by atoms with Gasteiger partial charge < -0.3 is 16.4 Å². The molecule has 4 N–H and O–H groups in total. The van der Waals surface area contributed by atoms with Gasteiger partial charge in [0, 0.05) is 11.4 Å². The number of rotatable bonds is 4. The Morgan fingerprint density at radius 3 is 2.28 bits per heavy atom. The van der Waals surface area contributed by atoms with E-state index >= 15 is 0 Å². The fraction of sp³-hybridized carbons (Fsp3) is 0.333. The van der Waals surface area contributed by atoms with Crippen LogP contribution in [-0.4, -0.2) is 16.8 Å². The van der Waals surface area contributed by atoms with E-state index in [9.17, 15) is 9.59 Å². The molecule has 1 aromatic carbocycles. The average molecular weight is 314 g/mol. The first-order chi connectivity index (χ1) is 8.40. The number of nitrogens with one attached hydrogen (secondary N) is 2. The second kappa shape index (κ2) is 6.39. The maximum Gasteiger partial charge on any atom is 0.316 e. The van der Waals surface area contributed by atoms with E-state index in [1.54, 1.807) is 24.3 Å². The monoisotopic (exact) mass is 313 g/mol. The van der Waals surface area contributed by atoms with Crippen LogP contribution in [0.4, 0.5) is 16.2 Å². The van der Waals surface area contributed by atoms with Gasteiger partial charge in [-0.2, -0.15) is 0 Å². The third-order valence-electron chi connectivity index (χ3n) is 2.23. The van der Waals surface area contributed by atoms with Gasteiger partial charge in [0.05, 0.1) is 4.83 Å². The molecule has 0 spiro atoms. The van der Waals surface area contributed by atoms with Crippen LogP contribution >= 0.6 is 15.9 Å². The molecule has 0 aliphatic rings. The van der Waals surface area contributed by atoms with Gasteiger partial charge >= 0.3 is 6.03 Å². The Bertz CT molecular complexity index is 449. The minimum Gasteiger partial charge on any atom is -0.351 e. The summed E-state index contributed by atoms with van der Waals surface area (Å²) in [5.41, 5.74) is 6.16. The first kappa shape index (κ1) is 14.5. The lowest BCUT2D eigenvalue weighted by atomic mass is 10.1. The second-order valence-electron chi connectivity index (χ2n) is 4.21. The minimum absolute atomic E-state index is 0.124. The van der Waals surface area contributed by atoms with Crippen LogP contribution < -0.4 is 16.4 Å². The van der Waals surface area contributed by atoms with Gasteiger partial charge in [0.25, 0.3) is 0 Å². The number of urea groups is 1. The molecule has 1 aromatic rings. The molecule has 1 unspecified atom stereocenters. The average Bonchev–Trinajstić information content (AvgIpc) is 2.27.